The first-order valence-corrected chi connectivity index (χ1v) is 10.9. The smallest absolute Gasteiger partial charge is 0.232 e. The highest BCUT2D eigenvalue weighted by Gasteiger charge is 2.25. The summed E-state index contributed by atoms with van der Waals surface area (Å²) in [7, 11) is 3.45. The first-order valence-electron chi connectivity index (χ1n) is 10.5. The summed E-state index contributed by atoms with van der Waals surface area (Å²) in [5, 5.41) is 19.0. The van der Waals surface area contributed by atoms with Gasteiger partial charge in [0.25, 0.3) is 0 Å². The van der Waals surface area contributed by atoms with Crippen LogP contribution in [0.1, 0.15) is 49.1 Å². The van der Waals surface area contributed by atoms with Crippen LogP contribution >= 0.6 is 11.6 Å². The van der Waals surface area contributed by atoms with E-state index in [1.54, 1.807) is 12.1 Å². The minimum Gasteiger partial charge on any atom is -0.480 e. The van der Waals surface area contributed by atoms with Crippen molar-refractivity contribution in [1.82, 2.24) is 19.9 Å². The van der Waals surface area contributed by atoms with Gasteiger partial charge in [-0.05, 0) is 25.0 Å². The van der Waals surface area contributed by atoms with E-state index in [-0.39, 0.29) is 28.9 Å². The first-order chi connectivity index (χ1) is 15.4. The number of ether oxygens (including phenoxy) is 1. The number of anilines is 2. The lowest BCUT2D eigenvalue weighted by Crippen LogP contribution is -2.35. The van der Waals surface area contributed by atoms with Crippen LogP contribution in [-0.2, 0) is 6.61 Å². The molecular weight excluding hydrogens is 430 g/mol. The number of fused-ring (bicyclic) bond motifs is 1. The van der Waals surface area contributed by atoms with Gasteiger partial charge >= 0.3 is 0 Å². The molecule has 0 atom stereocenters. The zero-order valence-electron chi connectivity index (χ0n) is 18.1. The van der Waals surface area contributed by atoms with Gasteiger partial charge in [-0.2, -0.15) is 0 Å². The predicted octanol–water partition coefficient (Wildman–Crippen LogP) is 3.34. The molecule has 1 aliphatic carbocycles. The van der Waals surface area contributed by atoms with Crippen molar-refractivity contribution in [3.63, 3.8) is 0 Å². The number of hydrogen-bond acceptors (Lipinski definition) is 9. The number of aromatic nitrogens is 4. The minimum atomic E-state index is -0.311. The van der Waals surface area contributed by atoms with Crippen molar-refractivity contribution in [3.8, 4) is 5.88 Å². The molecule has 3 aromatic rings. The highest BCUT2D eigenvalue weighted by atomic mass is 35.5. The maximum absolute atomic E-state index is 9.99. The standard InChI is InChI=1S/C22H26ClN7O2/c1-30(12-6-4-3-5-7-12)22-15(11-31)27-20(21(25)29-22)18(24)13-8-9-14-19(17(13)23)28-16(32-2)10-26-14/h8-10,12,24,31H,3-7,11H2,1-2H3,(H2,25,29). The van der Waals surface area contributed by atoms with Gasteiger partial charge in [0.2, 0.25) is 5.88 Å². The average molecular weight is 456 g/mol. The van der Waals surface area contributed by atoms with E-state index in [0.29, 0.717) is 40.0 Å². The molecule has 0 amide bonds. The molecule has 4 N–H and O–H groups in total. The molecule has 168 valence electrons. The molecule has 1 saturated carbocycles. The Morgan fingerprint density at radius 2 is 2.00 bits per heavy atom. The second-order valence-electron chi connectivity index (χ2n) is 7.87. The Hall–Kier alpha value is -3.04. The number of hydrogen-bond donors (Lipinski definition) is 3. The third kappa shape index (κ3) is 4.05. The summed E-state index contributed by atoms with van der Waals surface area (Å²) in [5.41, 5.74) is 8.16. The second kappa shape index (κ2) is 9.22. The van der Waals surface area contributed by atoms with Crippen molar-refractivity contribution in [2.24, 2.45) is 0 Å². The summed E-state index contributed by atoms with van der Waals surface area (Å²) in [4.78, 5) is 19.7. The van der Waals surface area contributed by atoms with Gasteiger partial charge in [0, 0.05) is 18.7 Å². The van der Waals surface area contributed by atoms with E-state index in [9.17, 15) is 5.11 Å². The maximum Gasteiger partial charge on any atom is 0.232 e. The molecule has 32 heavy (non-hydrogen) atoms. The fraction of sp³-hybridized carbons (Fsp3) is 0.409. The van der Waals surface area contributed by atoms with Crippen LogP contribution in [0.5, 0.6) is 5.88 Å². The van der Waals surface area contributed by atoms with Gasteiger partial charge in [-0.3, -0.25) is 5.41 Å². The Kier molecular flexibility index (Phi) is 6.38. The monoisotopic (exact) mass is 455 g/mol. The van der Waals surface area contributed by atoms with Gasteiger partial charge in [-0.1, -0.05) is 30.9 Å². The fourth-order valence-corrected chi connectivity index (χ4v) is 4.43. The fourth-order valence-electron chi connectivity index (χ4n) is 4.14. The number of nitrogens with one attached hydrogen (secondary N) is 1. The molecular formula is C22H26ClN7O2. The number of rotatable bonds is 6. The van der Waals surface area contributed by atoms with E-state index in [1.165, 1.54) is 32.6 Å². The Bertz CT molecular complexity index is 1160. The Balaban J connectivity index is 1.73. The van der Waals surface area contributed by atoms with E-state index < -0.39 is 0 Å². The molecule has 1 aliphatic rings. The number of halogens is 1. The Morgan fingerprint density at radius 1 is 1.25 bits per heavy atom. The van der Waals surface area contributed by atoms with Crippen molar-refractivity contribution in [3.05, 3.63) is 40.3 Å². The quantitative estimate of drug-likeness (QED) is 0.481. The number of nitrogens with zero attached hydrogens (tertiary/aromatic N) is 5. The van der Waals surface area contributed by atoms with Crippen LogP contribution in [0.2, 0.25) is 5.02 Å². The van der Waals surface area contributed by atoms with Crippen LogP contribution in [0.3, 0.4) is 0 Å². The SMILES string of the molecule is COc1cnc2ccc(C(=N)c3nc(CO)c(N(C)C4CCCCC4)nc3N)c(Cl)c2n1. The van der Waals surface area contributed by atoms with Crippen molar-refractivity contribution >= 4 is 40.0 Å². The number of aliphatic hydroxyl groups excluding tert-OH is 1. The molecule has 0 unspecified atom stereocenters. The number of methoxy groups -OCH3 is 1. The molecule has 0 spiro atoms. The zero-order chi connectivity index (χ0) is 22.8. The van der Waals surface area contributed by atoms with Crippen LogP contribution in [0.15, 0.2) is 18.3 Å². The van der Waals surface area contributed by atoms with Crippen molar-refractivity contribution in [2.75, 3.05) is 24.8 Å². The number of nitrogen functional groups attached to an aromatic ring is 1. The normalized spacial score (nSPS) is 14.5. The van der Waals surface area contributed by atoms with Crippen LogP contribution in [-0.4, -0.2) is 51.0 Å². The molecule has 4 rings (SSSR count). The van der Waals surface area contributed by atoms with E-state index >= 15 is 0 Å². The molecule has 0 radical (unpaired) electrons. The van der Waals surface area contributed by atoms with E-state index in [4.69, 9.17) is 27.5 Å². The summed E-state index contributed by atoms with van der Waals surface area (Å²) < 4.78 is 5.14. The number of benzene rings is 1. The molecule has 2 aromatic heterocycles. The molecule has 0 aliphatic heterocycles. The van der Waals surface area contributed by atoms with Crippen molar-refractivity contribution in [1.29, 1.82) is 5.41 Å². The van der Waals surface area contributed by atoms with Crippen molar-refractivity contribution < 1.29 is 9.84 Å². The van der Waals surface area contributed by atoms with Gasteiger partial charge < -0.3 is 20.5 Å². The van der Waals surface area contributed by atoms with Crippen LogP contribution in [0, 0.1) is 5.41 Å². The van der Waals surface area contributed by atoms with E-state index in [2.05, 4.69) is 19.9 Å². The second-order valence-corrected chi connectivity index (χ2v) is 8.25. The van der Waals surface area contributed by atoms with Crippen LogP contribution in [0.25, 0.3) is 11.0 Å². The highest BCUT2D eigenvalue weighted by Crippen LogP contribution is 2.31. The van der Waals surface area contributed by atoms with Crippen LogP contribution < -0.4 is 15.4 Å². The Labute approximate surface area is 191 Å². The highest BCUT2D eigenvalue weighted by molar-refractivity contribution is 6.39. The molecule has 1 fully saturated rings. The topological polar surface area (TPSA) is 134 Å². The lowest BCUT2D eigenvalue weighted by Gasteiger charge is -2.33. The van der Waals surface area contributed by atoms with Crippen molar-refractivity contribution in [2.45, 2.75) is 44.8 Å². The molecule has 0 saturated heterocycles. The first kappa shape index (κ1) is 22.2. The summed E-state index contributed by atoms with van der Waals surface area (Å²) >= 11 is 6.58. The van der Waals surface area contributed by atoms with E-state index in [0.717, 1.165) is 12.8 Å². The Morgan fingerprint density at radius 3 is 2.69 bits per heavy atom. The average Bonchev–Trinajstić information content (AvgIpc) is 2.83. The summed E-state index contributed by atoms with van der Waals surface area (Å²) in [6.45, 7) is -0.311. The lowest BCUT2D eigenvalue weighted by molar-refractivity contribution is 0.276. The predicted molar refractivity (Wildman–Crippen MR) is 125 cm³/mol. The third-order valence-electron chi connectivity index (χ3n) is 5.93. The summed E-state index contributed by atoms with van der Waals surface area (Å²) in [6, 6.07) is 3.73. The van der Waals surface area contributed by atoms with Gasteiger partial charge in [0.1, 0.15) is 16.9 Å². The third-order valence-corrected chi connectivity index (χ3v) is 6.31. The minimum absolute atomic E-state index is 0.00640. The van der Waals surface area contributed by atoms with Gasteiger partial charge in [-0.15, -0.1) is 0 Å². The van der Waals surface area contributed by atoms with E-state index in [1.807, 2.05) is 11.9 Å². The molecule has 2 heterocycles. The molecule has 0 bridgehead atoms. The zero-order valence-corrected chi connectivity index (χ0v) is 18.9. The largest absolute Gasteiger partial charge is 0.480 e. The number of nitrogens with two attached hydrogens (primary N) is 1. The summed E-state index contributed by atoms with van der Waals surface area (Å²) in [5.74, 6) is 0.978. The van der Waals surface area contributed by atoms with Crippen LogP contribution in [0.4, 0.5) is 11.6 Å². The van der Waals surface area contributed by atoms with Gasteiger partial charge in [-0.25, -0.2) is 19.9 Å². The molecule has 9 nitrogen and oxygen atoms in total. The summed E-state index contributed by atoms with van der Waals surface area (Å²) in [6.07, 6.45) is 7.22. The lowest BCUT2D eigenvalue weighted by atomic mass is 9.94. The van der Waals surface area contributed by atoms with Gasteiger partial charge in [0.05, 0.1) is 36.2 Å². The maximum atomic E-state index is 9.99. The molecule has 1 aromatic carbocycles. The molecule has 10 heteroatoms. The number of aliphatic hydroxyl groups is 1. The van der Waals surface area contributed by atoms with Gasteiger partial charge in [0.15, 0.2) is 11.6 Å².